The van der Waals surface area contributed by atoms with Crippen molar-refractivity contribution in [3.63, 3.8) is 0 Å². The Hall–Kier alpha value is -0.340. The topological polar surface area (TPSA) is 26.0 Å². The molecule has 2 heteroatoms. The highest BCUT2D eigenvalue weighted by atomic mass is 79.9. The highest BCUT2D eigenvalue weighted by Gasteiger charge is 2.10. The smallest absolute Gasteiger partial charge is 0.0175 e. The van der Waals surface area contributed by atoms with Gasteiger partial charge in [0.15, 0.2) is 0 Å². The van der Waals surface area contributed by atoms with Crippen molar-refractivity contribution in [2.75, 3.05) is 0 Å². The van der Waals surface area contributed by atoms with E-state index < -0.39 is 0 Å². The molecule has 0 aliphatic heterocycles. The number of halogens is 1. The molecule has 0 amide bonds. The molecular weight excluding hydrogens is 214 g/mol. The predicted molar refractivity (Wildman–Crippen MR) is 56.1 cm³/mol. The maximum absolute atomic E-state index is 5.89. The molecule has 0 radical (unpaired) electrons. The fourth-order valence-electron chi connectivity index (χ4n) is 1.13. The van der Waals surface area contributed by atoms with E-state index in [1.807, 2.05) is 26.0 Å². The van der Waals surface area contributed by atoms with Gasteiger partial charge in [-0.1, -0.05) is 28.1 Å². The lowest BCUT2D eigenvalue weighted by Gasteiger charge is -2.18. The van der Waals surface area contributed by atoms with E-state index in [2.05, 4.69) is 28.1 Å². The first kappa shape index (κ1) is 9.75. The Morgan fingerprint density at radius 1 is 1.25 bits per heavy atom. The van der Waals surface area contributed by atoms with Crippen LogP contribution < -0.4 is 5.73 Å². The first-order valence-electron chi connectivity index (χ1n) is 4.01. The second-order valence-corrected chi connectivity index (χ2v) is 4.71. The molecule has 66 valence electrons. The maximum Gasteiger partial charge on any atom is 0.0175 e. The fourth-order valence-corrected chi connectivity index (χ4v) is 1.39. The van der Waals surface area contributed by atoms with Gasteiger partial charge in [-0.05, 0) is 38.0 Å². The van der Waals surface area contributed by atoms with Crippen molar-refractivity contribution in [3.05, 3.63) is 34.3 Å². The molecule has 12 heavy (non-hydrogen) atoms. The molecule has 0 aliphatic rings. The Morgan fingerprint density at radius 3 is 2.17 bits per heavy atom. The second kappa shape index (κ2) is 3.58. The van der Waals surface area contributed by atoms with Gasteiger partial charge in [-0.25, -0.2) is 0 Å². The zero-order valence-electron chi connectivity index (χ0n) is 7.47. The summed E-state index contributed by atoms with van der Waals surface area (Å²) in [5.41, 5.74) is 7.06. The summed E-state index contributed by atoms with van der Waals surface area (Å²) in [5, 5.41) is 0. The number of benzene rings is 1. The third-order valence-corrected chi connectivity index (χ3v) is 2.10. The molecular formula is C10H14BrN. The molecule has 0 spiro atoms. The van der Waals surface area contributed by atoms with E-state index in [0.29, 0.717) is 0 Å². The minimum Gasteiger partial charge on any atom is -0.325 e. The Morgan fingerprint density at radius 2 is 1.75 bits per heavy atom. The second-order valence-electron chi connectivity index (χ2n) is 3.79. The van der Waals surface area contributed by atoms with Crippen LogP contribution in [-0.2, 0) is 6.42 Å². The average molecular weight is 228 g/mol. The lowest BCUT2D eigenvalue weighted by molar-refractivity contribution is 0.517. The molecule has 1 aromatic carbocycles. The highest BCUT2D eigenvalue weighted by molar-refractivity contribution is 9.10. The summed E-state index contributed by atoms with van der Waals surface area (Å²) < 4.78 is 1.11. The van der Waals surface area contributed by atoms with Gasteiger partial charge in [0.2, 0.25) is 0 Å². The van der Waals surface area contributed by atoms with E-state index in [0.717, 1.165) is 10.9 Å². The summed E-state index contributed by atoms with van der Waals surface area (Å²) in [6.45, 7) is 4.07. The van der Waals surface area contributed by atoms with Gasteiger partial charge in [-0.2, -0.15) is 0 Å². The van der Waals surface area contributed by atoms with Crippen LogP contribution in [0.15, 0.2) is 28.7 Å². The van der Waals surface area contributed by atoms with Crippen molar-refractivity contribution >= 4 is 15.9 Å². The first-order chi connectivity index (χ1) is 5.47. The van der Waals surface area contributed by atoms with E-state index in [1.165, 1.54) is 5.56 Å². The Bertz CT molecular complexity index is 246. The molecule has 0 saturated heterocycles. The van der Waals surface area contributed by atoms with Gasteiger partial charge in [-0.15, -0.1) is 0 Å². The number of nitrogens with two attached hydrogens (primary N) is 1. The number of rotatable bonds is 2. The van der Waals surface area contributed by atoms with Crippen molar-refractivity contribution in [2.24, 2.45) is 5.73 Å². The van der Waals surface area contributed by atoms with Crippen LogP contribution in [0.3, 0.4) is 0 Å². The third-order valence-electron chi connectivity index (χ3n) is 1.57. The Labute approximate surface area is 82.1 Å². The molecule has 0 heterocycles. The van der Waals surface area contributed by atoms with Gasteiger partial charge >= 0.3 is 0 Å². The van der Waals surface area contributed by atoms with E-state index >= 15 is 0 Å². The molecule has 0 bridgehead atoms. The largest absolute Gasteiger partial charge is 0.325 e. The van der Waals surface area contributed by atoms with Crippen molar-refractivity contribution in [1.82, 2.24) is 0 Å². The van der Waals surface area contributed by atoms with Crippen LogP contribution in [0.4, 0.5) is 0 Å². The SMILES string of the molecule is CC(C)(N)Cc1ccc(Br)cc1. The maximum atomic E-state index is 5.89. The third kappa shape index (κ3) is 3.37. The lowest BCUT2D eigenvalue weighted by atomic mass is 9.96. The van der Waals surface area contributed by atoms with E-state index in [9.17, 15) is 0 Å². The van der Waals surface area contributed by atoms with Gasteiger partial charge in [0, 0.05) is 10.0 Å². The molecule has 1 nitrogen and oxygen atoms in total. The van der Waals surface area contributed by atoms with Crippen LogP contribution in [0, 0.1) is 0 Å². The Kier molecular flexibility index (Phi) is 2.91. The van der Waals surface area contributed by atoms with Gasteiger partial charge in [0.05, 0.1) is 0 Å². The molecule has 2 N–H and O–H groups in total. The van der Waals surface area contributed by atoms with E-state index in [1.54, 1.807) is 0 Å². The molecule has 0 atom stereocenters. The summed E-state index contributed by atoms with van der Waals surface area (Å²) in [4.78, 5) is 0. The van der Waals surface area contributed by atoms with Gasteiger partial charge in [0.25, 0.3) is 0 Å². The quantitative estimate of drug-likeness (QED) is 0.827. The molecule has 0 aromatic heterocycles. The normalized spacial score (nSPS) is 11.7. The van der Waals surface area contributed by atoms with Gasteiger partial charge in [0.1, 0.15) is 0 Å². The molecule has 1 aromatic rings. The molecule has 0 saturated carbocycles. The van der Waals surface area contributed by atoms with Crippen LogP contribution in [0.5, 0.6) is 0 Å². The average Bonchev–Trinajstić information content (AvgIpc) is 1.91. The van der Waals surface area contributed by atoms with Crippen LogP contribution in [-0.4, -0.2) is 5.54 Å². The zero-order valence-corrected chi connectivity index (χ0v) is 9.06. The summed E-state index contributed by atoms with van der Waals surface area (Å²) in [7, 11) is 0. The van der Waals surface area contributed by atoms with E-state index in [4.69, 9.17) is 5.73 Å². The monoisotopic (exact) mass is 227 g/mol. The van der Waals surface area contributed by atoms with Crippen molar-refractivity contribution in [2.45, 2.75) is 25.8 Å². The molecule has 0 fully saturated rings. The molecule has 0 aliphatic carbocycles. The fraction of sp³-hybridized carbons (Fsp3) is 0.400. The number of hydrogen-bond donors (Lipinski definition) is 1. The van der Waals surface area contributed by atoms with Gasteiger partial charge in [-0.3, -0.25) is 0 Å². The Balaban J connectivity index is 2.71. The molecule has 1 rings (SSSR count). The van der Waals surface area contributed by atoms with Crippen molar-refractivity contribution in [3.8, 4) is 0 Å². The van der Waals surface area contributed by atoms with Crippen LogP contribution >= 0.6 is 15.9 Å². The van der Waals surface area contributed by atoms with Crippen LogP contribution in [0.1, 0.15) is 19.4 Å². The minimum atomic E-state index is -0.117. The predicted octanol–water partition coefficient (Wildman–Crippen LogP) is 2.73. The van der Waals surface area contributed by atoms with Crippen molar-refractivity contribution < 1.29 is 0 Å². The van der Waals surface area contributed by atoms with Crippen LogP contribution in [0.2, 0.25) is 0 Å². The first-order valence-corrected chi connectivity index (χ1v) is 4.80. The standard InChI is InChI=1S/C10H14BrN/c1-10(2,12)7-8-3-5-9(11)6-4-8/h3-6H,7,12H2,1-2H3. The highest BCUT2D eigenvalue weighted by Crippen LogP contribution is 2.14. The van der Waals surface area contributed by atoms with E-state index in [-0.39, 0.29) is 5.54 Å². The van der Waals surface area contributed by atoms with Crippen LogP contribution in [0.25, 0.3) is 0 Å². The number of hydrogen-bond acceptors (Lipinski definition) is 1. The van der Waals surface area contributed by atoms with Gasteiger partial charge < -0.3 is 5.73 Å². The summed E-state index contributed by atoms with van der Waals surface area (Å²) in [6, 6.07) is 8.28. The lowest BCUT2D eigenvalue weighted by Crippen LogP contribution is -2.34. The summed E-state index contributed by atoms with van der Waals surface area (Å²) >= 11 is 3.39. The summed E-state index contributed by atoms with van der Waals surface area (Å²) in [6.07, 6.45) is 0.917. The summed E-state index contributed by atoms with van der Waals surface area (Å²) in [5.74, 6) is 0. The minimum absolute atomic E-state index is 0.117. The van der Waals surface area contributed by atoms with Crippen molar-refractivity contribution in [1.29, 1.82) is 0 Å². The zero-order chi connectivity index (χ0) is 9.19. The molecule has 0 unspecified atom stereocenters.